The van der Waals surface area contributed by atoms with Crippen molar-refractivity contribution in [2.75, 3.05) is 12.0 Å². The van der Waals surface area contributed by atoms with Crippen molar-refractivity contribution >= 4 is 29.6 Å². The van der Waals surface area contributed by atoms with E-state index in [4.69, 9.17) is 5.11 Å². The van der Waals surface area contributed by atoms with Crippen LogP contribution in [0.3, 0.4) is 0 Å². The number of nitrogens with one attached hydrogen (secondary N) is 1. The second-order valence-electron chi connectivity index (χ2n) is 4.91. The summed E-state index contributed by atoms with van der Waals surface area (Å²) in [5, 5.41) is 20.9. The second kappa shape index (κ2) is 19.8. The fraction of sp³-hybridized carbons (Fsp3) is 0.800. The molecular formula is C15H28NNaO5S. The van der Waals surface area contributed by atoms with E-state index < -0.39 is 18.0 Å². The van der Waals surface area contributed by atoms with Gasteiger partial charge in [-0.3, -0.25) is 4.79 Å². The minimum atomic E-state index is -0.973. The van der Waals surface area contributed by atoms with E-state index in [0.717, 1.165) is 25.0 Å². The normalized spacial score (nSPS) is 10.6. The molecule has 0 saturated carbocycles. The van der Waals surface area contributed by atoms with Crippen LogP contribution < -0.4 is 40.0 Å². The molecule has 0 aliphatic rings. The Morgan fingerprint density at radius 2 is 1.74 bits per heavy atom. The third-order valence-electron chi connectivity index (χ3n) is 2.77. The van der Waals surface area contributed by atoms with E-state index >= 15 is 0 Å². The molecule has 6 nitrogen and oxygen atoms in total. The SMILES string of the molecule is CCCCCCCC(=O)[O-].CSCCC(NC(C)=O)C(=O)O.[Na+]. The fourth-order valence-electron chi connectivity index (χ4n) is 1.61. The Balaban J connectivity index is -0.000000338. The Labute approximate surface area is 165 Å². The number of carbonyl (C=O) groups is 3. The topological polar surface area (TPSA) is 107 Å². The smallest absolute Gasteiger partial charge is 0.550 e. The van der Waals surface area contributed by atoms with Crippen LogP contribution in [0.1, 0.15) is 58.8 Å². The summed E-state index contributed by atoms with van der Waals surface area (Å²) >= 11 is 1.56. The summed E-state index contributed by atoms with van der Waals surface area (Å²) in [6, 6.07) is -0.741. The minimum Gasteiger partial charge on any atom is -0.550 e. The summed E-state index contributed by atoms with van der Waals surface area (Å²) < 4.78 is 0. The van der Waals surface area contributed by atoms with Crippen LogP contribution in [0.25, 0.3) is 0 Å². The maximum atomic E-state index is 10.5. The minimum absolute atomic E-state index is 0. The van der Waals surface area contributed by atoms with Crippen LogP contribution in [-0.4, -0.2) is 41.0 Å². The van der Waals surface area contributed by atoms with E-state index in [1.807, 2.05) is 6.26 Å². The Hall–Kier alpha value is -0.240. The molecule has 0 spiro atoms. The summed E-state index contributed by atoms with van der Waals surface area (Å²) in [6.07, 6.45) is 7.97. The van der Waals surface area contributed by atoms with Crippen LogP contribution in [0, 0.1) is 0 Å². The zero-order valence-corrected chi connectivity index (χ0v) is 17.5. The van der Waals surface area contributed by atoms with Crippen LogP contribution in [-0.2, 0) is 14.4 Å². The number of hydrogen-bond donors (Lipinski definition) is 2. The Morgan fingerprint density at radius 3 is 2.13 bits per heavy atom. The van der Waals surface area contributed by atoms with Gasteiger partial charge in [0.1, 0.15) is 6.04 Å². The van der Waals surface area contributed by atoms with Gasteiger partial charge in [0.2, 0.25) is 5.91 Å². The van der Waals surface area contributed by atoms with Crippen molar-refractivity contribution in [3.05, 3.63) is 0 Å². The van der Waals surface area contributed by atoms with Crippen molar-refractivity contribution in [3.8, 4) is 0 Å². The van der Waals surface area contributed by atoms with Gasteiger partial charge in [0.05, 0.1) is 0 Å². The zero-order valence-electron chi connectivity index (χ0n) is 14.7. The van der Waals surface area contributed by atoms with E-state index in [0.29, 0.717) is 6.42 Å². The Kier molecular flexibility index (Phi) is 23.8. The summed E-state index contributed by atoms with van der Waals surface area (Å²) in [4.78, 5) is 31.0. The van der Waals surface area contributed by atoms with Gasteiger partial charge in [0.25, 0.3) is 0 Å². The van der Waals surface area contributed by atoms with Gasteiger partial charge < -0.3 is 20.3 Å². The summed E-state index contributed by atoms with van der Waals surface area (Å²) in [7, 11) is 0. The molecule has 0 heterocycles. The van der Waals surface area contributed by atoms with Crippen molar-refractivity contribution in [2.45, 2.75) is 64.8 Å². The molecule has 1 amide bonds. The molecule has 8 heteroatoms. The molecule has 0 rings (SSSR count). The molecule has 23 heavy (non-hydrogen) atoms. The first kappa shape index (κ1) is 27.6. The molecule has 0 aromatic rings. The standard InChI is InChI=1S/C8H16O2.C7H13NO3S.Na/c1-2-3-4-5-6-7-8(9)10;1-5(9)8-6(7(10)11)3-4-12-2;/h2-7H2,1H3,(H,9,10);6H,3-4H2,1-2H3,(H,8,9)(H,10,11);/q;;+1/p-1. The number of rotatable bonds is 11. The predicted molar refractivity (Wildman–Crippen MR) is 86.6 cm³/mol. The van der Waals surface area contributed by atoms with E-state index in [9.17, 15) is 19.5 Å². The number of carboxylic acid groups (broad SMARTS) is 2. The molecule has 2 N–H and O–H groups in total. The third kappa shape index (κ3) is 24.1. The molecule has 0 aromatic carbocycles. The Bertz CT molecular complexity index is 329. The molecule has 0 fully saturated rings. The monoisotopic (exact) mass is 357 g/mol. The van der Waals surface area contributed by atoms with Crippen LogP contribution in [0.15, 0.2) is 0 Å². The van der Waals surface area contributed by atoms with E-state index in [-0.39, 0.29) is 41.9 Å². The average Bonchev–Trinajstić information content (AvgIpc) is 2.43. The van der Waals surface area contributed by atoms with Crippen molar-refractivity contribution in [1.29, 1.82) is 0 Å². The number of carboxylic acids is 2. The Morgan fingerprint density at radius 1 is 1.17 bits per heavy atom. The number of hydrogen-bond acceptors (Lipinski definition) is 5. The number of amides is 1. The van der Waals surface area contributed by atoms with Gasteiger partial charge in [-0.2, -0.15) is 11.8 Å². The molecule has 0 aromatic heterocycles. The number of unbranched alkanes of at least 4 members (excludes halogenated alkanes) is 4. The predicted octanol–water partition coefficient (Wildman–Crippen LogP) is -1.57. The van der Waals surface area contributed by atoms with Gasteiger partial charge in [-0.1, -0.05) is 32.6 Å². The van der Waals surface area contributed by atoms with E-state index in [2.05, 4.69) is 12.2 Å². The first-order valence-corrected chi connectivity index (χ1v) is 8.93. The van der Waals surface area contributed by atoms with Crippen LogP contribution in [0.2, 0.25) is 0 Å². The zero-order chi connectivity index (χ0) is 17.4. The maximum Gasteiger partial charge on any atom is 1.00 e. The van der Waals surface area contributed by atoms with Crippen molar-refractivity contribution in [1.82, 2.24) is 5.32 Å². The van der Waals surface area contributed by atoms with Crippen LogP contribution in [0.4, 0.5) is 0 Å². The first-order chi connectivity index (χ1) is 10.3. The second-order valence-corrected chi connectivity index (χ2v) is 5.89. The molecule has 1 atom stereocenters. The molecule has 1 unspecified atom stereocenters. The molecule has 130 valence electrons. The molecule has 0 bridgehead atoms. The number of thioether (sulfide) groups is 1. The van der Waals surface area contributed by atoms with E-state index in [1.54, 1.807) is 11.8 Å². The molecular weight excluding hydrogens is 329 g/mol. The van der Waals surface area contributed by atoms with Gasteiger partial charge in [-0.05, 0) is 31.3 Å². The summed E-state index contributed by atoms with van der Waals surface area (Å²) in [5.74, 6) is -1.46. The molecule has 0 aliphatic heterocycles. The van der Waals surface area contributed by atoms with Crippen molar-refractivity contribution in [3.63, 3.8) is 0 Å². The first-order valence-electron chi connectivity index (χ1n) is 7.53. The van der Waals surface area contributed by atoms with Gasteiger partial charge in [0, 0.05) is 12.9 Å². The maximum absolute atomic E-state index is 10.5. The van der Waals surface area contributed by atoms with Gasteiger partial charge in [-0.15, -0.1) is 0 Å². The fourth-order valence-corrected chi connectivity index (χ4v) is 2.08. The van der Waals surface area contributed by atoms with Crippen LogP contribution in [0.5, 0.6) is 0 Å². The average molecular weight is 357 g/mol. The van der Waals surface area contributed by atoms with Gasteiger partial charge in [-0.25, -0.2) is 4.79 Å². The van der Waals surface area contributed by atoms with Crippen LogP contribution >= 0.6 is 11.8 Å². The molecule has 0 aliphatic carbocycles. The quantitative estimate of drug-likeness (QED) is 0.342. The third-order valence-corrected chi connectivity index (χ3v) is 3.41. The molecule has 0 radical (unpaired) electrons. The van der Waals surface area contributed by atoms with Gasteiger partial charge >= 0.3 is 35.5 Å². The van der Waals surface area contributed by atoms with E-state index in [1.165, 1.54) is 19.8 Å². The largest absolute Gasteiger partial charge is 1.00 e. The summed E-state index contributed by atoms with van der Waals surface area (Å²) in [6.45, 7) is 3.45. The van der Waals surface area contributed by atoms with Crippen molar-refractivity contribution < 1.29 is 54.2 Å². The van der Waals surface area contributed by atoms with Gasteiger partial charge in [0.15, 0.2) is 0 Å². The summed E-state index contributed by atoms with van der Waals surface area (Å²) in [5.41, 5.74) is 0. The number of carbonyl (C=O) groups excluding carboxylic acids is 2. The molecule has 0 saturated heterocycles. The number of aliphatic carboxylic acids is 2. The van der Waals surface area contributed by atoms with Crippen molar-refractivity contribution in [2.24, 2.45) is 0 Å².